The zero-order valence-electron chi connectivity index (χ0n) is 36.7. The van der Waals surface area contributed by atoms with Gasteiger partial charge in [0.2, 0.25) is 0 Å². The monoisotopic (exact) mass is 765 g/mol. The van der Waals surface area contributed by atoms with Crippen LogP contribution in [0.5, 0.6) is 0 Å². The third-order valence-corrected chi connectivity index (χ3v) is 11.1. The van der Waals surface area contributed by atoms with E-state index in [1.54, 1.807) is 0 Å². The summed E-state index contributed by atoms with van der Waals surface area (Å²) < 4.78 is 17.4. The Bertz CT molecular complexity index is 1360. The fraction of sp³-hybridized carbons (Fsp3) is 0.745. The lowest BCUT2D eigenvalue weighted by molar-refractivity contribution is -0.168. The number of aromatic nitrogens is 1. The van der Waals surface area contributed by atoms with Crippen LogP contribution in [0.2, 0.25) is 0 Å². The van der Waals surface area contributed by atoms with Gasteiger partial charge >= 0.3 is 5.97 Å². The minimum absolute atomic E-state index is 0.144. The Morgan fingerprint density at radius 2 is 1.71 bits per heavy atom. The number of pyridine rings is 1. The molecule has 0 bridgehead atoms. The van der Waals surface area contributed by atoms with Crippen molar-refractivity contribution in [2.75, 3.05) is 57.9 Å². The number of anilines is 1. The van der Waals surface area contributed by atoms with E-state index in [-0.39, 0.29) is 18.1 Å². The van der Waals surface area contributed by atoms with E-state index >= 15 is 0 Å². The highest BCUT2D eigenvalue weighted by atomic mass is 16.6. The highest BCUT2D eigenvalue weighted by Gasteiger charge is 2.42. The molecule has 3 fully saturated rings. The van der Waals surface area contributed by atoms with Gasteiger partial charge in [-0.25, -0.2) is 9.78 Å². The molecular weight excluding hydrogens is 685 g/mol. The van der Waals surface area contributed by atoms with Crippen LogP contribution < -0.4 is 10.6 Å². The van der Waals surface area contributed by atoms with Crippen molar-refractivity contribution < 1.29 is 19.0 Å². The molecule has 3 aliphatic heterocycles. The number of nitrogens with zero attached hydrogens (tertiary/aromatic N) is 2. The van der Waals surface area contributed by atoms with Gasteiger partial charge in [0.25, 0.3) is 0 Å². The molecule has 0 spiro atoms. The van der Waals surface area contributed by atoms with Crippen LogP contribution >= 0.6 is 0 Å². The molecule has 4 heterocycles. The number of benzene rings is 1. The number of hydrogen-bond acceptors (Lipinski definition) is 8. The Balaban J connectivity index is 0.000000398. The van der Waals surface area contributed by atoms with Crippen molar-refractivity contribution in [2.24, 2.45) is 11.8 Å². The van der Waals surface area contributed by atoms with Crippen molar-refractivity contribution in [3.63, 3.8) is 0 Å². The predicted octanol–water partition coefficient (Wildman–Crippen LogP) is 10.2. The third kappa shape index (κ3) is 16.1. The van der Waals surface area contributed by atoms with Crippen molar-refractivity contribution in [3.8, 4) is 0 Å². The molecule has 1 aliphatic carbocycles. The second kappa shape index (κ2) is 25.0. The number of hydrogen-bond donors (Lipinski definition) is 2. The summed E-state index contributed by atoms with van der Waals surface area (Å²) in [5.74, 6) is 3.38. The summed E-state index contributed by atoms with van der Waals surface area (Å²) in [4.78, 5) is 20.5. The molecule has 2 atom stereocenters. The Labute approximate surface area is 336 Å². The van der Waals surface area contributed by atoms with Gasteiger partial charge in [0.1, 0.15) is 17.5 Å². The number of unbranched alkanes of at least 4 members (excludes halogenated alkanes) is 2. The Morgan fingerprint density at radius 3 is 2.33 bits per heavy atom. The Hall–Kier alpha value is -2.52. The highest BCUT2D eigenvalue weighted by Crippen LogP contribution is 2.46. The van der Waals surface area contributed by atoms with Crippen LogP contribution in [0.3, 0.4) is 0 Å². The van der Waals surface area contributed by atoms with E-state index in [4.69, 9.17) is 19.2 Å². The van der Waals surface area contributed by atoms with E-state index < -0.39 is 5.60 Å². The number of esters is 1. The van der Waals surface area contributed by atoms with Gasteiger partial charge in [-0.05, 0) is 145 Å². The van der Waals surface area contributed by atoms with Crippen LogP contribution in [-0.4, -0.2) is 80.1 Å². The summed E-state index contributed by atoms with van der Waals surface area (Å²) in [6, 6.07) is 10.5. The first-order valence-corrected chi connectivity index (χ1v) is 22.2. The average Bonchev–Trinajstić information content (AvgIpc) is 4.01. The van der Waals surface area contributed by atoms with Crippen LogP contribution in [0.25, 0.3) is 0 Å². The second-order valence-electron chi connectivity index (χ2n) is 16.7. The van der Waals surface area contributed by atoms with Gasteiger partial charge in [0.15, 0.2) is 0 Å². The normalized spacial score (nSPS) is 18.4. The average molecular weight is 765 g/mol. The number of aryl methyl sites for hydroxylation is 3. The van der Waals surface area contributed by atoms with Gasteiger partial charge in [-0.15, -0.1) is 0 Å². The minimum atomic E-state index is -0.509. The van der Waals surface area contributed by atoms with Gasteiger partial charge in [0, 0.05) is 45.1 Å². The van der Waals surface area contributed by atoms with E-state index in [2.05, 4.69) is 80.5 Å². The van der Waals surface area contributed by atoms with E-state index in [0.717, 1.165) is 108 Å². The first-order chi connectivity index (χ1) is 26.5. The van der Waals surface area contributed by atoms with Crippen molar-refractivity contribution in [3.05, 3.63) is 58.3 Å². The van der Waals surface area contributed by atoms with E-state index in [9.17, 15) is 4.79 Å². The lowest BCUT2D eigenvalue weighted by Crippen LogP contribution is -2.56. The summed E-state index contributed by atoms with van der Waals surface area (Å²) in [7, 11) is 0. The van der Waals surface area contributed by atoms with Gasteiger partial charge in [0.05, 0.1) is 6.10 Å². The number of ether oxygens (including phenoxy) is 3. The molecule has 2 N–H and O–H groups in total. The van der Waals surface area contributed by atoms with E-state index in [0.29, 0.717) is 5.92 Å². The Morgan fingerprint density at radius 1 is 1.00 bits per heavy atom. The number of fused-ring (bicyclic) bond motifs is 1. The molecule has 1 aromatic heterocycles. The fourth-order valence-corrected chi connectivity index (χ4v) is 7.70. The molecule has 312 valence electrons. The van der Waals surface area contributed by atoms with Crippen molar-refractivity contribution in [1.82, 2.24) is 15.2 Å². The molecule has 0 amide bonds. The number of carbonyl (C=O) groups excluding carboxylic acids is 1. The molecule has 1 aromatic carbocycles. The van der Waals surface area contributed by atoms with Crippen molar-refractivity contribution in [2.45, 2.75) is 164 Å². The summed E-state index contributed by atoms with van der Waals surface area (Å²) in [5.41, 5.74) is 5.80. The zero-order valence-corrected chi connectivity index (χ0v) is 36.7. The van der Waals surface area contributed by atoms with Crippen LogP contribution in [0.4, 0.5) is 5.82 Å². The predicted molar refractivity (Wildman–Crippen MR) is 230 cm³/mol. The quantitative estimate of drug-likeness (QED) is 0.137. The maximum Gasteiger partial charge on any atom is 0.328 e. The largest absolute Gasteiger partial charge is 0.459 e. The summed E-state index contributed by atoms with van der Waals surface area (Å²) in [6.07, 6.45) is 13.2. The smallest absolute Gasteiger partial charge is 0.328 e. The van der Waals surface area contributed by atoms with Crippen molar-refractivity contribution in [1.29, 1.82) is 0 Å². The molecule has 55 heavy (non-hydrogen) atoms. The van der Waals surface area contributed by atoms with Gasteiger partial charge < -0.3 is 24.8 Å². The first-order valence-electron chi connectivity index (χ1n) is 22.2. The zero-order chi connectivity index (χ0) is 40.2. The van der Waals surface area contributed by atoms with E-state index in [1.165, 1.54) is 60.9 Å². The molecular formula is C47H80N4O4. The van der Waals surface area contributed by atoms with Gasteiger partial charge in [-0.1, -0.05) is 78.6 Å². The maximum absolute atomic E-state index is 13.4. The molecule has 8 nitrogen and oxygen atoms in total. The highest BCUT2D eigenvalue weighted by molar-refractivity contribution is 5.79. The third-order valence-electron chi connectivity index (χ3n) is 11.1. The number of carbonyl (C=O) groups is 1. The number of rotatable bonds is 15. The molecule has 2 unspecified atom stereocenters. The Kier molecular flexibility index (Phi) is 21.3. The minimum Gasteiger partial charge on any atom is -0.459 e. The topological polar surface area (TPSA) is 85.0 Å². The molecule has 2 aromatic rings. The van der Waals surface area contributed by atoms with Crippen LogP contribution in [0, 0.1) is 18.8 Å². The maximum atomic E-state index is 13.4. The standard InChI is InChI=1S/C32H45N3O3.C9H18O.C4H11N.C2H6/c1-22-10-8-13-27(28(22)23-14-15-23)29(31(36)38-32(2,3)4)35-20-26(21-35)37-19-7-5-6-12-25-17-16-24-11-9-18-33-30(24)34-25;1-3-8(2)9-4-6-10-7-5-9;1-3-5-4-2;1-2/h8,10,13,16-17,23,26,29H,5-7,9,11-12,14-15,18-21H2,1-4H3,(H,33,34);8-9H,3-7H2,1-2H3;5H,3-4H2,1-2H3;1-2H3. The lowest BCUT2D eigenvalue weighted by atomic mass is 9.86. The van der Waals surface area contributed by atoms with Crippen molar-refractivity contribution >= 4 is 11.8 Å². The molecule has 0 radical (unpaired) electrons. The van der Waals surface area contributed by atoms with Gasteiger partial charge in [-0.2, -0.15) is 0 Å². The van der Waals surface area contributed by atoms with Crippen LogP contribution in [0.15, 0.2) is 30.3 Å². The molecule has 8 heteroatoms. The molecule has 4 aliphatic rings. The molecule has 2 saturated heterocycles. The van der Waals surface area contributed by atoms with Crippen LogP contribution in [-0.2, 0) is 31.8 Å². The number of likely N-dealkylation sites (tertiary alicyclic amines) is 1. The SMILES string of the molecule is CC.CCC(C)C1CCOCC1.CCNCC.Cc1cccc(C(C(=O)OC(C)(C)C)N2CC(OCCCCCc3ccc4c(n3)NCCC4)C2)c1C1CC1. The lowest BCUT2D eigenvalue weighted by Gasteiger charge is -2.44. The van der Waals surface area contributed by atoms with Gasteiger partial charge in [-0.3, -0.25) is 4.90 Å². The van der Waals surface area contributed by atoms with Crippen LogP contribution in [0.1, 0.15) is 160 Å². The molecule has 1 saturated carbocycles. The molecule has 6 rings (SSSR count). The van der Waals surface area contributed by atoms with E-state index in [1.807, 2.05) is 34.6 Å². The summed E-state index contributed by atoms with van der Waals surface area (Å²) in [6.45, 7) is 28.4. The summed E-state index contributed by atoms with van der Waals surface area (Å²) >= 11 is 0. The number of nitrogens with one attached hydrogen (secondary N) is 2. The first kappa shape index (κ1) is 46.9. The fourth-order valence-electron chi connectivity index (χ4n) is 7.70. The summed E-state index contributed by atoms with van der Waals surface area (Å²) in [5, 5.41) is 6.54. The second-order valence-corrected chi connectivity index (χ2v) is 16.7.